The molecule has 0 bridgehead atoms. The number of halogens is 1. The molecule has 0 spiro atoms. The predicted molar refractivity (Wildman–Crippen MR) is 78.7 cm³/mol. The molecule has 2 aromatic rings. The number of nitrogens with zero attached hydrogens (tertiary/aromatic N) is 2. The van der Waals surface area contributed by atoms with E-state index in [1.807, 2.05) is 0 Å². The number of benzene rings is 2. The molecule has 0 radical (unpaired) electrons. The summed E-state index contributed by atoms with van der Waals surface area (Å²) in [5, 5.41) is 26.2. The van der Waals surface area contributed by atoms with Crippen LogP contribution in [0.5, 0.6) is 5.75 Å². The van der Waals surface area contributed by atoms with E-state index in [1.54, 1.807) is 0 Å². The summed E-state index contributed by atoms with van der Waals surface area (Å²) in [6.45, 7) is 1.44. The van der Waals surface area contributed by atoms with Crippen LogP contribution in [0.25, 0.3) is 0 Å². The molecule has 7 nitrogen and oxygen atoms in total. The van der Waals surface area contributed by atoms with E-state index >= 15 is 0 Å². The smallest absolute Gasteiger partial charge is 0.274 e. The van der Waals surface area contributed by atoms with Crippen LogP contribution in [0.3, 0.4) is 0 Å². The molecule has 2 aromatic carbocycles. The summed E-state index contributed by atoms with van der Waals surface area (Å²) in [5.41, 5.74) is 1.73. The molecule has 0 fully saturated rings. The topological polar surface area (TPSA) is 108 Å². The summed E-state index contributed by atoms with van der Waals surface area (Å²) in [6.07, 6.45) is 0.987. The largest absolute Gasteiger partial charge is 0.872 e. The minimum Gasteiger partial charge on any atom is -0.872 e. The number of non-ortho nitro benzene ring substituents is 1. The predicted octanol–water partition coefficient (Wildman–Crippen LogP) is 1.88. The van der Waals surface area contributed by atoms with Crippen molar-refractivity contribution < 1.29 is 19.2 Å². The molecule has 1 amide bonds. The Balaban J connectivity index is 2.19. The van der Waals surface area contributed by atoms with Gasteiger partial charge < -0.3 is 5.11 Å². The highest BCUT2D eigenvalue weighted by molar-refractivity contribution is 5.95. The van der Waals surface area contributed by atoms with Crippen molar-refractivity contribution in [1.29, 1.82) is 0 Å². The molecule has 1 N–H and O–H groups in total. The number of amides is 1. The fourth-order valence-electron chi connectivity index (χ4n) is 1.85. The third-order valence-electron chi connectivity index (χ3n) is 2.99. The average Bonchev–Trinajstić information content (AvgIpc) is 2.51. The number of nitro benzene ring substituents is 1. The number of carbonyl (C=O) groups excluding carboxylic acids is 1. The summed E-state index contributed by atoms with van der Waals surface area (Å²) in [5.74, 6) is -1.95. The van der Waals surface area contributed by atoms with E-state index < -0.39 is 22.4 Å². The maximum absolute atomic E-state index is 13.4. The lowest BCUT2D eigenvalue weighted by molar-refractivity contribution is -0.385. The Hall–Kier alpha value is -3.29. The Morgan fingerprint density at radius 3 is 2.70 bits per heavy atom. The lowest BCUT2D eigenvalue weighted by Gasteiger charge is -2.13. The summed E-state index contributed by atoms with van der Waals surface area (Å²) in [4.78, 5) is 21.9. The van der Waals surface area contributed by atoms with E-state index in [9.17, 15) is 24.4 Å². The van der Waals surface area contributed by atoms with Crippen LogP contribution in [-0.2, 0) is 0 Å². The van der Waals surface area contributed by atoms with Crippen LogP contribution >= 0.6 is 0 Å². The molecule has 0 atom stereocenters. The Morgan fingerprint density at radius 2 is 2.04 bits per heavy atom. The van der Waals surface area contributed by atoms with Crippen molar-refractivity contribution in [3.63, 3.8) is 0 Å². The molecule has 0 aliphatic rings. The second-order valence-electron chi connectivity index (χ2n) is 4.62. The van der Waals surface area contributed by atoms with E-state index in [1.165, 1.54) is 25.1 Å². The van der Waals surface area contributed by atoms with Gasteiger partial charge in [0.15, 0.2) is 0 Å². The average molecular weight is 316 g/mol. The first kappa shape index (κ1) is 16.1. The van der Waals surface area contributed by atoms with Gasteiger partial charge in [0.25, 0.3) is 11.6 Å². The second-order valence-corrected chi connectivity index (χ2v) is 4.62. The highest BCUT2D eigenvalue weighted by atomic mass is 19.1. The van der Waals surface area contributed by atoms with Crippen molar-refractivity contribution >= 4 is 17.8 Å². The molecule has 0 unspecified atom stereocenters. The molecule has 0 aliphatic carbocycles. The Morgan fingerprint density at radius 1 is 1.35 bits per heavy atom. The van der Waals surface area contributed by atoms with Gasteiger partial charge in [-0.2, -0.15) is 5.10 Å². The zero-order chi connectivity index (χ0) is 17.0. The lowest BCUT2D eigenvalue weighted by Crippen LogP contribution is -2.19. The van der Waals surface area contributed by atoms with Gasteiger partial charge in [0, 0.05) is 12.1 Å². The first-order chi connectivity index (χ1) is 10.9. The number of nitrogens with one attached hydrogen (secondary N) is 1. The van der Waals surface area contributed by atoms with Gasteiger partial charge in [-0.25, -0.2) is 9.82 Å². The number of hydrazone groups is 1. The van der Waals surface area contributed by atoms with Gasteiger partial charge in [-0.1, -0.05) is 23.4 Å². The first-order valence-electron chi connectivity index (χ1n) is 6.44. The molecular weight excluding hydrogens is 305 g/mol. The lowest BCUT2D eigenvalue weighted by atomic mass is 10.1. The number of carbonyl (C=O) groups is 1. The second kappa shape index (κ2) is 6.65. The first-order valence-corrected chi connectivity index (χ1v) is 6.44. The Kier molecular flexibility index (Phi) is 4.65. The number of hydrogen-bond donors (Lipinski definition) is 1. The molecule has 23 heavy (non-hydrogen) atoms. The normalized spacial score (nSPS) is 10.7. The minimum absolute atomic E-state index is 0.0504. The van der Waals surface area contributed by atoms with Gasteiger partial charge in [0.1, 0.15) is 5.82 Å². The van der Waals surface area contributed by atoms with Crippen molar-refractivity contribution in [1.82, 2.24) is 5.43 Å². The number of nitro groups is 1. The number of rotatable bonds is 4. The highest BCUT2D eigenvalue weighted by Gasteiger charge is 2.10. The van der Waals surface area contributed by atoms with Crippen LogP contribution in [0.1, 0.15) is 21.5 Å². The Bertz CT molecular complexity index is 805. The third-order valence-corrected chi connectivity index (χ3v) is 2.99. The summed E-state index contributed by atoms with van der Waals surface area (Å²) in [7, 11) is 0. The molecule has 0 aromatic heterocycles. The van der Waals surface area contributed by atoms with E-state index in [0.717, 1.165) is 24.4 Å². The van der Waals surface area contributed by atoms with E-state index in [2.05, 4.69) is 10.5 Å². The van der Waals surface area contributed by atoms with Crippen molar-refractivity contribution in [2.24, 2.45) is 5.10 Å². The third kappa shape index (κ3) is 3.67. The van der Waals surface area contributed by atoms with Crippen molar-refractivity contribution in [2.45, 2.75) is 6.92 Å². The zero-order valence-corrected chi connectivity index (χ0v) is 11.9. The molecule has 0 aliphatic heterocycles. The SMILES string of the molecule is Cc1cc([N+](=O)[O-])cc(/C=N\NC(=O)c2ccccc2F)c1[O-]. The van der Waals surface area contributed by atoms with Crippen LogP contribution in [0.4, 0.5) is 10.1 Å². The zero-order valence-electron chi connectivity index (χ0n) is 11.9. The molecule has 0 saturated heterocycles. The highest BCUT2D eigenvalue weighted by Crippen LogP contribution is 2.24. The monoisotopic (exact) mass is 316 g/mol. The van der Waals surface area contributed by atoms with Gasteiger partial charge in [-0.3, -0.25) is 14.9 Å². The van der Waals surface area contributed by atoms with Crippen molar-refractivity contribution in [3.05, 3.63) is 69.0 Å². The number of aryl methyl sites for hydroxylation is 1. The van der Waals surface area contributed by atoms with Crippen LogP contribution in [-0.4, -0.2) is 17.0 Å². The van der Waals surface area contributed by atoms with E-state index in [0.29, 0.717) is 0 Å². The molecule has 8 heteroatoms. The van der Waals surface area contributed by atoms with Crippen molar-refractivity contribution in [2.75, 3.05) is 0 Å². The van der Waals surface area contributed by atoms with Crippen molar-refractivity contribution in [3.8, 4) is 5.75 Å². The molecule has 2 rings (SSSR count). The van der Waals surface area contributed by atoms with Gasteiger partial charge in [0.2, 0.25) is 0 Å². The van der Waals surface area contributed by atoms with Gasteiger partial charge >= 0.3 is 0 Å². The summed E-state index contributed by atoms with van der Waals surface area (Å²) >= 11 is 0. The molecule has 0 heterocycles. The maximum atomic E-state index is 13.4. The van der Waals surface area contributed by atoms with E-state index in [-0.39, 0.29) is 22.4 Å². The Labute approximate surface area is 130 Å². The number of hydrogen-bond acceptors (Lipinski definition) is 5. The molecular formula is C15H11FN3O4-. The molecule has 118 valence electrons. The van der Waals surface area contributed by atoms with Crippen LogP contribution in [0.2, 0.25) is 0 Å². The van der Waals surface area contributed by atoms with Gasteiger partial charge in [-0.15, -0.1) is 0 Å². The minimum atomic E-state index is -0.797. The van der Waals surface area contributed by atoms with Gasteiger partial charge in [0.05, 0.1) is 16.7 Å². The fourth-order valence-corrected chi connectivity index (χ4v) is 1.85. The maximum Gasteiger partial charge on any atom is 0.274 e. The van der Waals surface area contributed by atoms with E-state index in [4.69, 9.17) is 0 Å². The molecule has 0 saturated carbocycles. The fraction of sp³-hybridized carbons (Fsp3) is 0.0667. The standard InChI is InChI=1S/C15H12FN3O4/c1-9-6-11(19(22)23)7-10(14(9)20)8-17-18-15(21)12-4-2-3-5-13(12)16/h2-8,20H,1H3,(H,18,21)/p-1/b17-8-. The van der Waals surface area contributed by atoms with Crippen LogP contribution < -0.4 is 10.5 Å². The van der Waals surface area contributed by atoms with Gasteiger partial charge in [-0.05, 0) is 24.6 Å². The van der Waals surface area contributed by atoms with Crippen LogP contribution in [0, 0.1) is 22.9 Å². The van der Waals surface area contributed by atoms with Crippen LogP contribution in [0.15, 0.2) is 41.5 Å². The quantitative estimate of drug-likeness (QED) is 0.527. The summed E-state index contributed by atoms with van der Waals surface area (Å²) in [6, 6.07) is 7.52. The summed E-state index contributed by atoms with van der Waals surface area (Å²) < 4.78 is 13.4.